The maximum absolute atomic E-state index is 5.39. The largest absolute Gasteiger partial charge is 0.478 e. The summed E-state index contributed by atoms with van der Waals surface area (Å²) in [4.78, 5) is 5.77. The van der Waals surface area contributed by atoms with Crippen molar-refractivity contribution in [2.24, 2.45) is 0 Å². The summed E-state index contributed by atoms with van der Waals surface area (Å²) in [7, 11) is 0. The number of fused-ring (bicyclic) bond motifs is 5. The number of aromatic amines is 1. The van der Waals surface area contributed by atoms with Crippen molar-refractivity contribution >= 4 is 16.6 Å². The number of aromatic nitrogens is 1. The Kier molecular flexibility index (Phi) is 1.46. The molecule has 3 heterocycles. The average Bonchev–Trinajstić information content (AvgIpc) is 2.92. The first-order valence-corrected chi connectivity index (χ1v) is 5.60. The van der Waals surface area contributed by atoms with Gasteiger partial charge in [0.25, 0.3) is 0 Å². The van der Waals surface area contributed by atoms with Crippen LogP contribution in [0.25, 0.3) is 16.6 Å². The highest BCUT2D eigenvalue weighted by Gasteiger charge is 2.27. The van der Waals surface area contributed by atoms with Crippen LogP contribution in [0.4, 0.5) is 0 Å². The van der Waals surface area contributed by atoms with E-state index in [2.05, 4.69) is 34.1 Å². The zero-order valence-electron chi connectivity index (χ0n) is 8.86. The van der Waals surface area contributed by atoms with E-state index >= 15 is 0 Å². The first kappa shape index (κ1) is 8.28. The maximum Gasteiger partial charge on any atom is 0.160 e. The molecule has 0 bridgehead atoms. The first-order chi connectivity index (χ1) is 7.93. The van der Waals surface area contributed by atoms with E-state index in [9.17, 15) is 0 Å². The Bertz CT molecular complexity index is 597. The van der Waals surface area contributed by atoms with E-state index in [0.717, 1.165) is 13.0 Å². The molecule has 3 nitrogen and oxygen atoms in total. The Morgan fingerprint density at radius 3 is 3.19 bits per heavy atom. The van der Waals surface area contributed by atoms with Gasteiger partial charge in [-0.15, -0.1) is 0 Å². The SMILES string of the molecule is C1=C2c3[nH]c4ccccc4c3CCN2CO1. The molecule has 80 valence electrons. The lowest BCUT2D eigenvalue weighted by Crippen LogP contribution is -2.26. The van der Waals surface area contributed by atoms with Gasteiger partial charge in [0, 0.05) is 17.4 Å². The van der Waals surface area contributed by atoms with E-state index < -0.39 is 0 Å². The fourth-order valence-corrected chi connectivity index (χ4v) is 2.68. The van der Waals surface area contributed by atoms with Crippen molar-refractivity contribution in [3.8, 4) is 0 Å². The third kappa shape index (κ3) is 0.927. The molecule has 2 aromatic rings. The molecule has 0 unspecified atom stereocenters. The Morgan fingerprint density at radius 2 is 2.19 bits per heavy atom. The lowest BCUT2D eigenvalue weighted by atomic mass is 10.0. The van der Waals surface area contributed by atoms with Crippen LogP contribution in [0, 0.1) is 0 Å². The third-order valence-corrected chi connectivity index (χ3v) is 3.47. The van der Waals surface area contributed by atoms with E-state index in [1.54, 1.807) is 0 Å². The van der Waals surface area contributed by atoms with Crippen LogP contribution in [0.2, 0.25) is 0 Å². The second kappa shape index (κ2) is 2.82. The molecule has 0 saturated carbocycles. The van der Waals surface area contributed by atoms with Crippen LogP contribution in [-0.4, -0.2) is 23.2 Å². The number of hydrogen-bond donors (Lipinski definition) is 1. The van der Waals surface area contributed by atoms with Gasteiger partial charge in [0.15, 0.2) is 6.73 Å². The van der Waals surface area contributed by atoms with Gasteiger partial charge >= 0.3 is 0 Å². The number of benzene rings is 1. The van der Waals surface area contributed by atoms with E-state index in [4.69, 9.17) is 4.74 Å². The first-order valence-electron chi connectivity index (χ1n) is 5.60. The number of hydrogen-bond acceptors (Lipinski definition) is 2. The number of rotatable bonds is 0. The summed E-state index contributed by atoms with van der Waals surface area (Å²) in [6.45, 7) is 1.75. The minimum atomic E-state index is 0.699. The van der Waals surface area contributed by atoms with Gasteiger partial charge < -0.3 is 14.6 Å². The zero-order valence-corrected chi connectivity index (χ0v) is 8.86. The second-order valence-corrected chi connectivity index (χ2v) is 4.34. The Hall–Kier alpha value is -1.90. The molecule has 0 amide bonds. The van der Waals surface area contributed by atoms with Crippen LogP contribution in [0.3, 0.4) is 0 Å². The molecule has 0 fully saturated rings. The van der Waals surface area contributed by atoms with Crippen LogP contribution in [0.15, 0.2) is 30.5 Å². The molecule has 0 spiro atoms. The van der Waals surface area contributed by atoms with Gasteiger partial charge in [-0.05, 0) is 18.1 Å². The van der Waals surface area contributed by atoms with Crippen molar-refractivity contribution in [2.45, 2.75) is 6.42 Å². The molecule has 0 aliphatic carbocycles. The molecule has 3 heteroatoms. The van der Waals surface area contributed by atoms with Gasteiger partial charge in [0.1, 0.15) is 6.26 Å². The van der Waals surface area contributed by atoms with Crippen LogP contribution in [0.1, 0.15) is 11.3 Å². The van der Waals surface area contributed by atoms with Crippen molar-refractivity contribution in [2.75, 3.05) is 13.3 Å². The molecule has 0 radical (unpaired) electrons. The summed E-state index contributed by atoms with van der Waals surface area (Å²) in [5, 5.41) is 1.35. The number of para-hydroxylation sites is 1. The molecule has 1 aromatic heterocycles. The standard InChI is InChI=1S/C13H12N2O/c1-2-4-11-9(3-1)10-5-6-15-8-16-7-12(15)13(10)14-11/h1-4,7,14H,5-6,8H2. The highest BCUT2D eigenvalue weighted by atomic mass is 16.5. The molecule has 16 heavy (non-hydrogen) atoms. The molecule has 2 aliphatic heterocycles. The number of H-pyrrole nitrogens is 1. The zero-order chi connectivity index (χ0) is 10.5. The van der Waals surface area contributed by atoms with E-state index in [1.807, 2.05) is 6.26 Å². The molecule has 2 aliphatic rings. The van der Waals surface area contributed by atoms with Crippen LogP contribution < -0.4 is 0 Å². The minimum absolute atomic E-state index is 0.699. The summed E-state index contributed by atoms with van der Waals surface area (Å²) in [6.07, 6.45) is 2.97. The smallest absolute Gasteiger partial charge is 0.160 e. The monoisotopic (exact) mass is 212 g/mol. The molecular formula is C13H12N2O. The lowest BCUT2D eigenvalue weighted by Gasteiger charge is -2.24. The van der Waals surface area contributed by atoms with Crippen LogP contribution in [-0.2, 0) is 11.2 Å². The van der Waals surface area contributed by atoms with Gasteiger partial charge in [-0.1, -0.05) is 18.2 Å². The summed E-state index contributed by atoms with van der Waals surface area (Å²) in [5.41, 5.74) is 5.10. The molecule has 1 aromatic carbocycles. The summed E-state index contributed by atoms with van der Waals surface area (Å²) < 4.78 is 5.39. The van der Waals surface area contributed by atoms with Gasteiger partial charge in [0.2, 0.25) is 0 Å². The number of ether oxygens (including phenoxy) is 1. The van der Waals surface area contributed by atoms with Gasteiger partial charge in [-0.2, -0.15) is 0 Å². The topological polar surface area (TPSA) is 28.3 Å². The van der Waals surface area contributed by atoms with E-state index in [-0.39, 0.29) is 0 Å². The highest BCUT2D eigenvalue weighted by molar-refractivity contribution is 5.89. The van der Waals surface area contributed by atoms with Gasteiger partial charge in [-0.3, -0.25) is 0 Å². The molecule has 1 N–H and O–H groups in total. The summed E-state index contributed by atoms with van der Waals surface area (Å²) in [5.74, 6) is 0. The minimum Gasteiger partial charge on any atom is -0.478 e. The van der Waals surface area contributed by atoms with Crippen molar-refractivity contribution in [3.63, 3.8) is 0 Å². The summed E-state index contributed by atoms with van der Waals surface area (Å²) in [6, 6.07) is 8.50. The van der Waals surface area contributed by atoms with Gasteiger partial charge in [0.05, 0.1) is 11.4 Å². The van der Waals surface area contributed by atoms with E-state index in [0.29, 0.717) is 6.73 Å². The Balaban J connectivity index is 2.03. The van der Waals surface area contributed by atoms with Crippen molar-refractivity contribution in [1.82, 2.24) is 9.88 Å². The molecular weight excluding hydrogens is 200 g/mol. The molecule has 0 atom stereocenters. The number of nitrogens with one attached hydrogen (secondary N) is 1. The van der Waals surface area contributed by atoms with Gasteiger partial charge in [-0.25, -0.2) is 0 Å². The fraction of sp³-hybridized carbons (Fsp3) is 0.231. The third-order valence-electron chi connectivity index (χ3n) is 3.47. The van der Waals surface area contributed by atoms with Crippen molar-refractivity contribution < 1.29 is 4.74 Å². The van der Waals surface area contributed by atoms with Crippen LogP contribution in [0.5, 0.6) is 0 Å². The van der Waals surface area contributed by atoms with Crippen molar-refractivity contribution in [3.05, 3.63) is 41.8 Å². The Labute approximate surface area is 93.3 Å². The highest BCUT2D eigenvalue weighted by Crippen LogP contribution is 2.35. The molecule has 4 rings (SSSR count). The van der Waals surface area contributed by atoms with E-state index in [1.165, 1.54) is 27.9 Å². The quantitative estimate of drug-likeness (QED) is 0.725. The maximum atomic E-state index is 5.39. The Morgan fingerprint density at radius 1 is 1.25 bits per heavy atom. The van der Waals surface area contributed by atoms with Crippen LogP contribution >= 0.6 is 0 Å². The number of nitrogens with zero attached hydrogens (tertiary/aromatic N) is 1. The van der Waals surface area contributed by atoms with Crippen molar-refractivity contribution in [1.29, 1.82) is 0 Å². The normalized spacial score (nSPS) is 18.0. The predicted octanol–water partition coefficient (Wildman–Crippen LogP) is 2.31. The average molecular weight is 212 g/mol. The fourth-order valence-electron chi connectivity index (χ4n) is 2.68. The predicted molar refractivity (Wildman–Crippen MR) is 62.6 cm³/mol. The summed E-state index contributed by atoms with van der Waals surface area (Å²) >= 11 is 0. The second-order valence-electron chi connectivity index (χ2n) is 4.34. The lowest BCUT2D eigenvalue weighted by molar-refractivity contribution is 0.174. The molecule has 0 saturated heterocycles.